The van der Waals surface area contributed by atoms with Crippen LogP contribution in [0, 0.1) is 6.92 Å². The first-order chi connectivity index (χ1) is 7.68. The lowest BCUT2D eigenvalue weighted by Crippen LogP contribution is -1.86. The minimum atomic E-state index is 0.750. The quantitative estimate of drug-likeness (QED) is 0.604. The van der Waals surface area contributed by atoms with Crippen molar-refractivity contribution in [1.82, 2.24) is 4.98 Å². The molecule has 0 bridgehead atoms. The number of thiol groups is 1. The Bertz CT molecular complexity index is 570. The fraction of sp³-hybridized carbons (Fsp3) is 0.0714. The molecule has 0 saturated heterocycles. The van der Waals surface area contributed by atoms with Gasteiger partial charge in [-0.05, 0) is 35.1 Å². The van der Waals surface area contributed by atoms with Gasteiger partial charge in [0.15, 0.2) is 0 Å². The molecule has 0 aliphatic heterocycles. The third-order valence-corrected chi connectivity index (χ3v) is 2.67. The molecule has 0 amide bonds. The Kier molecular flexibility index (Phi) is 3.11. The van der Waals surface area contributed by atoms with E-state index in [0.29, 0.717) is 0 Å². The highest BCUT2D eigenvalue weighted by molar-refractivity contribution is 7.84. The van der Waals surface area contributed by atoms with Gasteiger partial charge in [-0.3, -0.25) is 4.98 Å². The van der Waals surface area contributed by atoms with Crippen molar-refractivity contribution in [2.45, 2.75) is 6.92 Å². The van der Waals surface area contributed by atoms with Crippen molar-refractivity contribution in [1.29, 1.82) is 0 Å². The number of hydrogen-bond acceptors (Lipinski definition) is 2. The van der Waals surface area contributed by atoms with Crippen molar-refractivity contribution in [3.8, 4) is 0 Å². The van der Waals surface area contributed by atoms with Crippen molar-refractivity contribution in [3.05, 3.63) is 59.1 Å². The van der Waals surface area contributed by atoms with E-state index >= 15 is 0 Å². The Morgan fingerprint density at radius 2 is 2.19 bits per heavy atom. The number of aryl methyl sites for hydroxylation is 1. The van der Waals surface area contributed by atoms with E-state index in [1.165, 1.54) is 10.9 Å². The van der Waals surface area contributed by atoms with Gasteiger partial charge in [0, 0.05) is 11.6 Å². The lowest BCUT2D eigenvalue weighted by molar-refractivity contribution is 1.36. The van der Waals surface area contributed by atoms with Crippen LogP contribution in [0.4, 0.5) is 0 Å². The van der Waals surface area contributed by atoms with Gasteiger partial charge in [0.25, 0.3) is 0 Å². The third-order valence-electron chi connectivity index (χ3n) is 2.52. The summed E-state index contributed by atoms with van der Waals surface area (Å²) in [6.45, 7) is 5.80. The number of fused-ring (bicyclic) bond motifs is 1. The zero-order valence-corrected chi connectivity index (χ0v) is 10.0. The largest absolute Gasteiger partial charge is 0.256 e. The van der Waals surface area contributed by atoms with Gasteiger partial charge >= 0.3 is 0 Å². The van der Waals surface area contributed by atoms with Crippen molar-refractivity contribution in [2.75, 3.05) is 0 Å². The first-order valence-electron chi connectivity index (χ1n) is 5.09. The lowest BCUT2D eigenvalue weighted by atomic mass is 10.0. The highest BCUT2D eigenvalue weighted by Crippen LogP contribution is 2.21. The Hall–Kier alpha value is -1.54. The summed E-state index contributed by atoms with van der Waals surface area (Å²) in [4.78, 5) is 5.14. The molecule has 1 aromatic carbocycles. The zero-order chi connectivity index (χ0) is 11.5. The molecular formula is C14H13NS. The highest BCUT2D eigenvalue weighted by Gasteiger charge is 2.01. The predicted molar refractivity (Wildman–Crippen MR) is 73.6 cm³/mol. The van der Waals surface area contributed by atoms with E-state index in [9.17, 15) is 0 Å². The standard InChI is InChI=1S/C14H13NS/c1-10(16)5-6-12-7-8-13-4-3-9-15-14(13)11(12)2/h3-9,16H,1H2,2H3/b6-5-. The van der Waals surface area contributed by atoms with Crippen molar-refractivity contribution in [2.24, 2.45) is 0 Å². The van der Waals surface area contributed by atoms with E-state index in [1.807, 2.05) is 24.4 Å². The summed E-state index contributed by atoms with van der Waals surface area (Å²) in [5, 5.41) is 1.17. The first-order valence-corrected chi connectivity index (χ1v) is 5.53. The van der Waals surface area contributed by atoms with Gasteiger partial charge in [-0.15, -0.1) is 12.6 Å². The molecule has 16 heavy (non-hydrogen) atoms. The van der Waals surface area contributed by atoms with Gasteiger partial charge in [0.05, 0.1) is 5.52 Å². The normalized spacial score (nSPS) is 11.1. The predicted octanol–water partition coefficient (Wildman–Crippen LogP) is 4.00. The SMILES string of the molecule is C=C(S)/C=C\c1ccc2cccnc2c1C. The van der Waals surface area contributed by atoms with Gasteiger partial charge in [0.1, 0.15) is 0 Å². The van der Waals surface area contributed by atoms with E-state index in [4.69, 9.17) is 0 Å². The second-order valence-electron chi connectivity index (χ2n) is 3.68. The van der Waals surface area contributed by atoms with Crippen LogP contribution in [-0.2, 0) is 0 Å². The van der Waals surface area contributed by atoms with Crippen LogP contribution in [0.15, 0.2) is 48.0 Å². The van der Waals surface area contributed by atoms with E-state index in [2.05, 4.69) is 49.3 Å². The second-order valence-corrected chi connectivity index (χ2v) is 4.25. The maximum absolute atomic E-state index is 4.39. The van der Waals surface area contributed by atoms with Crippen LogP contribution >= 0.6 is 12.6 Å². The average Bonchev–Trinajstić information content (AvgIpc) is 2.28. The molecule has 2 aromatic rings. The lowest BCUT2D eigenvalue weighted by Gasteiger charge is -2.04. The molecule has 0 spiro atoms. The molecule has 1 heterocycles. The summed E-state index contributed by atoms with van der Waals surface area (Å²) in [6.07, 6.45) is 5.72. The Balaban J connectivity index is 2.56. The summed E-state index contributed by atoms with van der Waals surface area (Å²) in [5.41, 5.74) is 3.39. The average molecular weight is 227 g/mol. The second kappa shape index (κ2) is 4.54. The van der Waals surface area contributed by atoms with Crippen molar-refractivity contribution in [3.63, 3.8) is 0 Å². The maximum atomic E-state index is 4.39. The van der Waals surface area contributed by atoms with Gasteiger partial charge in [-0.2, -0.15) is 0 Å². The highest BCUT2D eigenvalue weighted by atomic mass is 32.1. The summed E-state index contributed by atoms with van der Waals surface area (Å²) in [5.74, 6) is 0. The van der Waals surface area contributed by atoms with Crippen LogP contribution in [0.2, 0.25) is 0 Å². The number of aromatic nitrogens is 1. The van der Waals surface area contributed by atoms with E-state index < -0.39 is 0 Å². The number of hydrogen-bond donors (Lipinski definition) is 1. The van der Waals surface area contributed by atoms with Crippen LogP contribution in [0.5, 0.6) is 0 Å². The van der Waals surface area contributed by atoms with Crippen LogP contribution in [0.3, 0.4) is 0 Å². The van der Waals surface area contributed by atoms with E-state index in [1.54, 1.807) is 0 Å². The molecule has 0 unspecified atom stereocenters. The molecule has 1 aromatic heterocycles. The smallest absolute Gasteiger partial charge is 0.0737 e. The molecule has 1 nitrogen and oxygen atoms in total. The maximum Gasteiger partial charge on any atom is 0.0737 e. The van der Waals surface area contributed by atoms with Crippen LogP contribution in [0.25, 0.3) is 17.0 Å². The first kappa shape index (κ1) is 11.0. The fourth-order valence-electron chi connectivity index (χ4n) is 1.67. The number of nitrogens with zero attached hydrogens (tertiary/aromatic N) is 1. The van der Waals surface area contributed by atoms with E-state index in [-0.39, 0.29) is 0 Å². The molecule has 0 aliphatic carbocycles. The van der Waals surface area contributed by atoms with Crippen LogP contribution < -0.4 is 0 Å². The Morgan fingerprint density at radius 3 is 2.94 bits per heavy atom. The summed E-state index contributed by atoms with van der Waals surface area (Å²) in [6, 6.07) is 8.19. The molecule has 0 radical (unpaired) electrons. The van der Waals surface area contributed by atoms with Gasteiger partial charge in [-0.25, -0.2) is 0 Å². The van der Waals surface area contributed by atoms with Crippen molar-refractivity contribution < 1.29 is 0 Å². The Morgan fingerprint density at radius 1 is 1.38 bits per heavy atom. The molecule has 0 saturated carbocycles. The molecule has 0 N–H and O–H groups in total. The van der Waals surface area contributed by atoms with Crippen LogP contribution in [0.1, 0.15) is 11.1 Å². The number of allylic oxidation sites excluding steroid dienone is 1. The monoisotopic (exact) mass is 227 g/mol. The topological polar surface area (TPSA) is 12.9 Å². The minimum absolute atomic E-state index is 0.750. The summed E-state index contributed by atoms with van der Waals surface area (Å²) < 4.78 is 0. The van der Waals surface area contributed by atoms with Gasteiger partial charge < -0.3 is 0 Å². The number of rotatable bonds is 2. The molecule has 2 rings (SSSR count). The fourth-order valence-corrected chi connectivity index (χ4v) is 1.75. The molecule has 80 valence electrons. The molecule has 0 aliphatic rings. The van der Waals surface area contributed by atoms with E-state index in [0.717, 1.165) is 16.0 Å². The van der Waals surface area contributed by atoms with Gasteiger partial charge in [-0.1, -0.05) is 30.9 Å². The van der Waals surface area contributed by atoms with Gasteiger partial charge in [0.2, 0.25) is 0 Å². The summed E-state index contributed by atoms with van der Waals surface area (Å²) >= 11 is 4.14. The molecule has 2 heteroatoms. The summed E-state index contributed by atoms with van der Waals surface area (Å²) in [7, 11) is 0. The number of benzene rings is 1. The van der Waals surface area contributed by atoms with Crippen LogP contribution in [-0.4, -0.2) is 4.98 Å². The number of pyridine rings is 1. The minimum Gasteiger partial charge on any atom is -0.256 e. The molecular weight excluding hydrogens is 214 g/mol. The van der Waals surface area contributed by atoms with Crippen molar-refractivity contribution >= 4 is 29.6 Å². The Labute approximate surface area is 101 Å². The third kappa shape index (κ3) is 2.17. The molecule has 0 atom stereocenters. The molecule has 0 fully saturated rings. The zero-order valence-electron chi connectivity index (χ0n) is 9.14.